The van der Waals surface area contributed by atoms with Crippen LogP contribution in [0.5, 0.6) is 0 Å². The first-order valence-corrected chi connectivity index (χ1v) is 7.74. The SMILES string of the molecule is Cc1cccc(N2CCC(NC(=O)[C@@H]3C=CCN3)CC2)c1. The molecule has 112 valence electrons. The molecule has 2 aliphatic heterocycles. The summed E-state index contributed by atoms with van der Waals surface area (Å²) in [6, 6.07) is 8.79. The van der Waals surface area contributed by atoms with Crippen LogP contribution in [0.2, 0.25) is 0 Å². The van der Waals surface area contributed by atoms with E-state index in [0.29, 0.717) is 6.04 Å². The standard InChI is InChI=1S/C17H23N3O/c1-13-4-2-5-15(12-13)20-10-7-14(8-11-20)19-17(21)16-6-3-9-18-16/h2-6,12,14,16,18H,7-11H2,1H3,(H,19,21)/t16-/m0/s1. The first kappa shape index (κ1) is 14.1. The number of aryl methyl sites for hydroxylation is 1. The maximum absolute atomic E-state index is 12.1. The molecule has 21 heavy (non-hydrogen) atoms. The quantitative estimate of drug-likeness (QED) is 0.829. The van der Waals surface area contributed by atoms with Crippen LogP contribution in [0.4, 0.5) is 5.69 Å². The van der Waals surface area contributed by atoms with Gasteiger partial charge in [-0.05, 0) is 37.5 Å². The molecule has 0 aliphatic carbocycles. The van der Waals surface area contributed by atoms with Gasteiger partial charge in [-0.15, -0.1) is 0 Å². The summed E-state index contributed by atoms with van der Waals surface area (Å²) in [6.45, 7) is 4.92. The van der Waals surface area contributed by atoms with Crippen molar-refractivity contribution in [3.05, 3.63) is 42.0 Å². The highest BCUT2D eigenvalue weighted by Crippen LogP contribution is 2.21. The molecule has 0 unspecified atom stereocenters. The molecular weight excluding hydrogens is 262 g/mol. The van der Waals surface area contributed by atoms with E-state index in [-0.39, 0.29) is 11.9 Å². The topological polar surface area (TPSA) is 44.4 Å². The smallest absolute Gasteiger partial charge is 0.241 e. The molecule has 2 aliphatic rings. The fraction of sp³-hybridized carbons (Fsp3) is 0.471. The molecular formula is C17H23N3O. The van der Waals surface area contributed by atoms with E-state index in [2.05, 4.69) is 46.7 Å². The lowest BCUT2D eigenvalue weighted by Crippen LogP contribution is -2.49. The predicted octanol–water partition coefficient (Wildman–Crippen LogP) is 1.61. The summed E-state index contributed by atoms with van der Waals surface area (Å²) in [5, 5.41) is 6.32. The molecule has 4 nitrogen and oxygen atoms in total. The van der Waals surface area contributed by atoms with E-state index in [1.807, 2.05) is 12.2 Å². The third-order valence-corrected chi connectivity index (χ3v) is 4.27. The second-order valence-electron chi connectivity index (χ2n) is 5.92. The Balaban J connectivity index is 1.51. The van der Waals surface area contributed by atoms with Crippen molar-refractivity contribution in [3.8, 4) is 0 Å². The van der Waals surface area contributed by atoms with E-state index in [0.717, 1.165) is 32.5 Å². The highest BCUT2D eigenvalue weighted by atomic mass is 16.2. The highest BCUT2D eigenvalue weighted by molar-refractivity contribution is 5.84. The van der Waals surface area contributed by atoms with Crippen molar-refractivity contribution in [3.63, 3.8) is 0 Å². The van der Waals surface area contributed by atoms with Crippen molar-refractivity contribution in [2.75, 3.05) is 24.5 Å². The third kappa shape index (κ3) is 3.45. The van der Waals surface area contributed by atoms with Gasteiger partial charge in [-0.1, -0.05) is 24.3 Å². The zero-order chi connectivity index (χ0) is 14.7. The Morgan fingerprint density at radius 3 is 2.81 bits per heavy atom. The molecule has 4 heteroatoms. The number of benzene rings is 1. The Bertz CT molecular complexity index is 533. The zero-order valence-electron chi connectivity index (χ0n) is 12.5. The van der Waals surface area contributed by atoms with Gasteiger partial charge in [0, 0.05) is 31.4 Å². The molecule has 1 aromatic carbocycles. The number of nitrogens with one attached hydrogen (secondary N) is 2. The van der Waals surface area contributed by atoms with E-state index in [4.69, 9.17) is 0 Å². The first-order valence-electron chi connectivity index (χ1n) is 7.74. The Morgan fingerprint density at radius 2 is 2.14 bits per heavy atom. The van der Waals surface area contributed by atoms with Crippen LogP contribution in [-0.4, -0.2) is 37.6 Å². The van der Waals surface area contributed by atoms with Crippen molar-refractivity contribution in [1.82, 2.24) is 10.6 Å². The van der Waals surface area contributed by atoms with Crippen molar-refractivity contribution < 1.29 is 4.79 Å². The fourth-order valence-electron chi connectivity index (χ4n) is 3.04. The summed E-state index contributed by atoms with van der Waals surface area (Å²) in [5.41, 5.74) is 2.59. The van der Waals surface area contributed by atoms with Crippen LogP contribution in [0.25, 0.3) is 0 Å². The predicted molar refractivity (Wildman–Crippen MR) is 85.5 cm³/mol. The molecule has 1 saturated heterocycles. The van der Waals surface area contributed by atoms with Crippen LogP contribution in [-0.2, 0) is 4.79 Å². The van der Waals surface area contributed by atoms with Gasteiger partial charge in [0.15, 0.2) is 0 Å². The van der Waals surface area contributed by atoms with E-state index in [1.54, 1.807) is 0 Å². The van der Waals surface area contributed by atoms with Crippen molar-refractivity contribution in [1.29, 1.82) is 0 Å². The Morgan fingerprint density at radius 1 is 1.33 bits per heavy atom. The molecule has 2 N–H and O–H groups in total. The summed E-state index contributed by atoms with van der Waals surface area (Å²) < 4.78 is 0. The molecule has 0 spiro atoms. The minimum absolute atomic E-state index is 0.109. The largest absolute Gasteiger partial charge is 0.371 e. The minimum atomic E-state index is -0.139. The van der Waals surface area contributed by atoms with E-state index >= 15 is 0 Å². The number of carbonyl (C=O) groups excluding carboxylic acids is 1. The van der Waals surface area contributed by atoms with Gasteiger partial charge in [-0.2, -0.15) is 0 Å². The van der Waals surface area contributed by atoms with Crippen LogP contribution in [0.3, 0.4) is 0 Å². The van der Waals surface area contributed by atoms with Crippen molar-refractivity contribution in [2.45, 2.75) is 31.8 Å². The van der Waals surface area contributed by atoms with Crippen LogP contribution < -0.4 is 15.5 Å². The molecule has 1 amide bonds. The molecule has 0 aromatic heterocycles. The van der Waals surface area contributed by atoms with Gasteiger partial charge in [-0.25, -0.2) is 0 Å². The number of hydrogen-bond acceptors (Lipinski definition) is 3. The fourth-order valence-corrected chi connectivity index (χ4v) is 3.04. The molecule has 1 fully saturated rings. The average Bonchev–Trinajstić information content (AvgIpc) is 3.02. The van der Waals surface area contributed by atoms with E-state index in [9.17, 15) is 4.79 Å². The average molecular weight is 285 g/mol. The Hall–Kier alpha value is -1.81. The number of amides is 1. The van der Waals surface area contributed by atoms with E-state index < -0.39 is 0 Å². The third-order valence-electron chi connectivity index (χ3n) is 4.27. The lowest BCUT2D eigenvalue weighted by atomic mass is 10.0. The minimum Gasteiger partial charge on any atom is -0.371 e. The second kappa shape index (κ2) is 6.31. The lowest BCUT2D eigenvalue weighted by molar-refractivity contribution is -0.122. The number of anilines is 1. The lowest BCUT2D eigenvalue weighted by Gasteiger charge is -2.34. The Kier molecular flexibility index (Phi) is 4.25. The van der Waals surface area contributed by atoms with Gasteiger partial charge in [-0.3, -0.25) is 10.1 Å². The van der Waals surface area contributed by atoms with Gasteiger partial charge in [0.2, 0.25) is 5.91 Å². The van der Waals surface area contributed by atoms with Gasteiger partial charge in [0.1, 0.15) is 6.04 Å². The molecule has 1 aromatic rings. The number of hydrogen-bond donors (Lipinski definition) is 2. The monoisotopic (exact) mass is 285 g/mol. The summed E-state index contributed by atoms with van der Waals surface area (Å²) in [5.74, 6) is 0.109. The molecule has 1 atom stereocenters. The molecule has 0 bridgehead atoms. The summed E-state index contributed by atoms with van der Waals surface area (Å²) in [7, 11) is 0. The number of nitrogens with zero attached hydrogens (tertiary/aromatic N) is 1. The van der Waals surface area contributed by atoms with Crippen molar-refractivity contribution >= 4 is 11.6 Å². The van der Waals surface area contributed by atoms with Gasteiger partial charge < -0.3 is 10.2 Å². The summed E-state index contributed by atoms with van der Waals surface area (Å²) in [6.07, 6.45) is 5.97. The Labute approximate surface area is 126 Å². The molecule has 0 saturated carbocycles. The number of rotatable bonds is 3. The van der Waals surface area contributed by atoms with Gasteiger partial charge >= 0.3 is 0 Å². The number of carbonyl (C=O) groups is 1. The molecule has 0 radical (unpaired) electrons. The van der Waals surface area contributed by atoms with Crippen LogP contribution in [0.1, 0.15) is 18.4 Å². The van der Waals surface area contributed by atoms with E-state index in [1.165, 1.54) is 11.3 Å². The maximum atomic E-state index is 12.1. The first-order chi connectivity index (χ1) is 10.2. The summed E-state index contributed by atoms with van der Waals surface area (Å²) >= 11 is 0. The molecule has 2 heterocycles. The number of piperidine rings is 1. The van der Waals surface area contributed by atoms with Crippen molar-refractivity contribution in [2.24, 2.45) is 0 Å². The molecule has 3 rings (SSSR count). The van der Waals surface area contributed by atoms with Crippen LogP contribution in [0.15, 0.2) is 36.4 Å². The van der Waals surface area contributed by atoms with Crippen LogP contribution in [0, 0.1) is 6.92 Å². The normalized spacial score (nSPS) is 22.5. The van der Waals surface area contributed by atoms with Gasteiger partial charge in [0.05, 0.1) is 0 Å². The second-order valence-corrected chi connectivity index (χ2v) is 5.92. The van der Waals surface area contributed by atoms with Crippen LogP contribution >= 0.6 is 0 Å². The highest BCUT2D eigenvalue weighted by Gasteiger charge is 2.24. The summed E-state index contributed by atoms with van der Waals surface area (Å²) in [4.78, 5) is 14.5. The maximum Gasteiger partial charge on any atom is 0.241 e. The van der Waals surface area contributed by atoms with Gasteiger partial charge in [0.25, 0.3) is 0 Å². The zero-order valence-corrected chi connectivity index (χ0v) is 12.5.